The van der Waals surface area contributed by atoms with Crippen LogP contribution in [0.2, 0.25) is 0 Å². The van der Waals surface area contributed by atoms with Crippen molar-refractivity contribution in [3.05, 3.63) is 113 Å². The van der Waals surface area contributed by atoms with Crippen molar-refractivity contribution in [2.75, 3.05) is 0 Å². The zero-order valence-electron chi connectivity index (χ0n) is 13.8. The van der Waals surface area contributed by atoms with Gasteiger partial charge in [0.1, 0.15) is 0 Å². The summed E-state index contributed by atoms with van der Waals surface area (Å²) in [6.07, 6.45) is 3.38. The van der Waals surface area contributed by atoms with E-state index in [4.69, 9.17) is 5.26 Å². The Bertz CT molecular complexity index is 861. The SMILES string of the molecule is N#Cc1ccc([C@H](O)[C@@H](C=Cc2ccccc2)c2ccccc2)cc1. The summed E-state index contributed by atoms with van der Waals surface area (Å²) in [6, 6.07) is 29.2. The normalized spacial score (nSPS) is 13.3. The van der Waals surface area contributed by atoms with Crippen LogP contribution >= 0.6 is 0 Å². The Balaban J connectivity index is 1.93. The summed E-state index contributed by atoms with van der Waals surface area (Å²) in [4.78, 5) is 0. The van der Waals surface area contributed by atoms with E-state index in [1.54, 1.807) is 12.1 Å². The average molecular weight is 325 g/mol. The topological polar surface area (TPSA) is 44.0 Å². The Kier molecular flexibility index (Phi) is 5.41. The third-order valence-electron chi connectivity index (χ3n) is 4.20. The largest absolute Gasteiger partial charge is 0.387 e. The van der Waals surface area contributed by atoms with E-state index in [9.17, 15) is 5.11 Å². The van der Waals surface area contributed by atoms with Crippen molar-refractivity contribution < 1.29 is 5.11 Å². The second-order valence-corrected chi connectivity index (χ2v) is 5.88. The van der Waals surface area contributed by atoms with E-state index < -0.39 is 6.10 Å². The fourth-order valence-corrected chi connectivity index (χ4v) is 2.82. The van der Waals surface area contributed by atoms with E-state index >= 15 is 0 Å². The molecule has 0 unspecified atom stereocenters. The van der Waals surface area contributed by atoms with Crippen LogP contribution in [0.5, 0.6) is 0 Å². The van der Waals surface area contributed by atoms with Crippen LogP contribution in [-0.4, -0.2) is 5.11 Å². The zero-order valence-corrected chi connectivity index (χ0v) is 13.8. The molecule has 0 heterocycles. The van der Waals surface area contributed by atoms with E-state index in [0.29, 0.717) is 5.56 Å². The molecule has 25 heavy (non-hydrogen) atoms. The third kappa shape index (κ3) is 4.23. The van der Waals surface area contributed by atoms with Crippen LogP contribution in [0.25, 0.3) is 6.08 Å². The molecule has 0 aliphatic rings. The lowest BCUT2D eigenvalue weighted by Gasteiger charge is -2.21. The Labute approximate surface area is 148 Å². The summed E-state index contributed by atoms with van der Waals surface area (Å²) < 4.78 is 0. The molecule has 122 valence electrons. The van der Waals surface area contributed by atoms with Crippen molar-refractivity contribution in [2.24, 2.45) is 0 Å². The first kappa shape index (κ1) is 16.7. The smallest absolute Gasteiger partial charge is 0.0991 e. The van der Waals surface area contributed by atoms with Gasteiger partial charge < -0.3 is 5.11 Å². The molecule has 0 saturated heterocycles. The Morgan fingerprint density at radius 2 is 1.36 bits per heavy atom. The van der Waals surface area contributed by atoms with Crippen LogP contribution in [0.4, 0.5) is 0 Å². The predicted molar refractivity (Wildman–Crippen MR) is 101 cm³/mol. The molecule has 0 aromatic heterocycles. The highest BCUT2D eigenvalue weighted by Crippen LogP contribution is 2.32. The number of aliphatic hydroxyl groups is 1. The number of nitrogens with zero attached hydrogens (tertiary/aromatic N) is 1. The third-order valence-corrected chi connectivity index (χ3v) is 4.20. The number of hydrogen-bond donors (Lipinski definition) is 1. The highest BCUT2D eigenvalue weighted by atomic mass is 16.3. The van der Waals surface area contributed by atoms with Gasteiger partial charge in [0, 0.05) is 5.92 Å². The molecule has 0 aliphatic heterocycles. The molecule has 1 N–H and O–H groups in total. The lowest BCUT2D eigenvalue weighted by Crippen LogP contribution is -2.09. The Morgan fingerprint density at radius 1 is 0.760 bits per heavy atom. The summed E-state index contributed by atoms with van der Waals surface area (Å²) in [5.41, 5.74) is 3.53. The van der Waals surface area contributed by atoms with Crippen molar-refractivity contribution in [2.45, 2.75) is 12.0 Å². The first-order valence-electron chi connectivity index (χ1n) is 8.24. The van der Waals surface area contributed by atoms with Gasteiger partial charge in [0.15, 0.2) is 0 Å². The summed E-state index contributed by atoms with van der Waals surface area (Å²) >= 11 is 0. The van der Waals surface area contributed by atoms with Crippen LogP contribution in [0.3, 0.4) is 0 Å². The second kappa shape index (κ2) is 8.10. The first-order valence-corrected chi connectivity index (χ1v) is 8.24. The molecule has 2 atom stereocenters. The molecular weight excluding hydrogens is 306 g/mol. The summed E-state index contributed by atoms with van der Waals surface area (Å²) in [5, 5.41) is 19.9. The van der Waals surface area contributed by atoms with Crippen LogP contribution in [0.1, 0.15) is 34.3 Å². The van der Waals surface area contributed by atoms with Gasteiger partial charge in [-0.15, -0.1) is 0 Å². The minimum absolute atomic E-state index is 0.172. The molecule has 0 aliphatic carbocycles. The average Bonchev–Trinajstić information content (AvgIpc) is 2.69. The van der Waals surface area contributed by atoms with Crippen molar-refractivity contribution in [3.8, 4) is 6.07 Å². The van der Waals surface area contributed by atoms with Gasteiger partial charge in [0.05, 0.1) is 17.7 Å². The van der Waals surface area contributed by atoms with Gasteiger partial charge in [-0.3, -0.25) is 0 Å². The number of nitriles is 1. The van der Waals surface area contributed by atoms with Crippen molar-refractivity contribution >= 4 is 6.08 Å². The van der Waals surface area contributed by atoms with E-state index in [-0.39, 0.29) is 5.92 Å². The fourth-order valence-electron chi connectivity index (χ4n) is 2.82. The van der Waals surface area contributed by atoms with Crippen molar-refractivity contribution in [1.29, 1.82) is 5.26 Å². The van der Waals surface area contributed by atoms with Crippen LogP contribution in [-0.2, 0) is 0 Å². The highest BCUT2D eigenvalue weighted by molar-refractivity contribution is 5.51. The van der Waals surface area contributed by atoms with Crippen molar-refractivity contribution in [1.82, 2.24) is 0 Å². The quantitative estimate of drug-likeness (QED) is 0.710. The van der Waals surface area contributed by atoms with Crippen LogP contribution in [0.15, 0.2) is 91.0 Å². The van der Waals surface area contributed by atoms with E-state index in [0.717, 1.165) is 16.7 Å². The van der Waals surface area contributed by atoms with Gasteiger partial charge in [0.25, 0.3) is 0 Å². The minimum Gasteiger partial charge on any atom is -0.387 e. The summed E-state index contributed by atoms with van der Waals surface area (Å²) in [7, 11) is 0. The number of aliphatic hydroxyl groups excluding tert-OH is 1. The zero-order chi connectivity index (χ0) is 17.5. The molecule has 0 bridgehead atoms. The highest BCUT2D eigenvalue weighted by Gasteiger charge is 2.20. The first-order chi connectivity index (χ1) is 12.3. The van der Waals surface area contributed by atoms with Crippen molar-refractivity contribution in [3.63, 3.8) is 0 Å². The van der Waals surface area contributed by atoms with Gasteiger partial charge in [0.2, 0.25) is 0 Å². The minimum atomic E-state index is -0.685. The fraction of sp³-hybridized carbons (Fsp3) is 0.0870. The van der Waals surface area contributed by atoms with Gasteiger partial charge in [-0.05, 0) is 28.8 Å². The molecule has 3 rings (SSSR count). The molecule has 3 aromatic carbocycles. The standard InChI is InChI=1S/C23H19NO/c24-17-19-11-14-21(15-12-19)23(25)22(20-9-5-2-6-10-20)16-13-18-7-3-1-4-8-18/h1-16,22-23,25H/t22-,23-/m0/s1. The van der Waals surface area contributed by atoms with Gasteiger partial charge in [-0.1, -0.05) is 84.9 Å². The lowest BCUT2D eigenvalue weighted by atomic mass is 9.88. The maximum Gasteiger partial charge on any atom is 0.0991 e. The van der Waals surface area contributed by atoms with Gasteiger partial charge in [-0.25, -0.2) is 0 Å². The van der Waals surface area contributed by atoms with E-state index in [1.807, 2.05) is 84.9 Å². The molecule has 2 heteroatoms. The van der Waals surface area contributed by atoms with Crippen LogP contribution in [0, 0.1) is 11.3 Å². The summed E-state index contributed by atoms with van der Waals surface area (Å²) in [5.74, 6) is -0.172. The molecule has 3 aromatic rings. The number of rotatable bonds is 5. The molecule has 0 radical (unpaired) electrons. The molecule has 2 nitrogen and oxygen atoms in total. The summed E-state index contributed by atoms with van der Waals surface area (Å²) in [6.45, 7) is 0. The predicted octanol–water partition coefficient (Wildman–Crippen LogP) is 5.09. The van der Waals surface area contributed by atoms with Gasteiger partial charge >= 0.3 is 0 Å². The van der Waals surface area contributed by atoms with Crippen LogP contribution < -0.4 is 0 Å². The molecule has 0 spiro atoms. The maximum absolute atomic E-state index is 10.9. The molecule has 0 fully saturated rings. The van der Waals surface area contributed by atoms with Gasteiger partial charge in [-0.2, -0.15) is 5.26 Å². The van der Waals surface area contributed by atoms with E-state index in [2.05, 4.69) is 6.07 Å². The monoisotopic (exact) mass is 325 g/mol. The number of benzene rings is 3. The van der Waals surface area contributed by atoms with E-state index in [1.165, 1.54) is 0 Å². The number of hydrogen-bond acceptors (Lipinski definition) is 2. The lowest BCUT2D eigenvalue weighted by molar-refractivity contribution is 0.162. The molecular formula is C23H19NO. The molecule has 0 saturated carbocycles. The second-order valence-electron chi connectivity index (χ2n) is 5.88. The Hall–Kier alpha value is -3.15. The molecule has 0 amide bonds. The maximum atomic E-state index is 10.9. The Morgan fingerprint density at radius 3 is 1.96 bits per heavy atom.